The highest BCUT2D eigenvalue weighted by molar-refractivity contribution is 7.86. The van der Waals surface area contributed by atoms with Crippen molar-refractivity contribution < 1.29 is 18.1 Å². The van der Waals surface area contributed by atoms with E-state index < -0.39 is 21.6 Å². The molecule has 0 rings (SSSR count). The molecule has 0 radical (unpaired) electrons. The number of rotatable bonds is 5. The van der Waals surface area contributed by atoms with Crippen molar-refractivity contribution in [3.05, 3.63) is 0 Å². The lowest BCUT2D eigenvalue weighted by atomic mass is 10.4. The van der Waals surface area contributed by atoms with Gasteiger partial charge < -0.3 is 5.11 Å². The van der Waals surface area contributed by atoms with Gasteiger partial charge in [-0.2, -0.15) is 8.42 Å². The molecule has 2 atom stereocenters. The molecular weight excluding hydrogens is 182 g/mol. The van der Waals surface area contributed by atoms with Gasteiger partial charge in [-0.15, -0.1) is 0 Å². The van der Waals surface area contributed by atoms with Crippen LogP contribution in [0.4, 0.5) is 0 Å². The third-order valence-corrected chi connectivity index (χ3v) is 2.59. The second-order valence-electron chi connectivity index (χ2n) is 2.67. The maximum absolute atomic E-state index is 10.6. The van der Waals surface area contributed by atoms with Crippen LogP contribution in [0.3, 0.4) is 0 Å². The lowest BCUT2D eigenvalue weighted by Gasteiger charge is -2.14. The third-order valence-electron chi connectivity index (χ3n) is 1.37. The fourth-order valence-corrected chi connectivity index (χ4v) is 1.49. The van der Waals surface area contributed by atoms with E-state index in [4.69, 9.17) is 9.66 Å². The monoisotopic (exact) mass is 197 g/mol. The van der Waals surface area contributed by atoms with Gasteiger partial charge >= 0.3 is 0 Å². The highest BCUT2D eigenvalue weighted by atomic mass is 32.2. The van der Waals surface area contributed by atoms with Crippen molar-refractivity contribution in [3.8, 4) is 0 Å². The van der Waals surface area contributed by atoms with Crippen LogP contribution < -0.4 is 5.32 Å². The maximum atomic E-state index is 10.6. The Bertz CT molecular complexity index is 212. The van der Waals surface area contributed by atoms with E-state index in [0.717, 1.165) is 0 Å². The van der Waals surface area contributed by atoms with Gasteiger partial charge in [-0.25, -0.2) is 0 Å². The maximum Gasteiger partial charge on any atom is 0.281 e. The summed E-state index contributed by atoms with van der Waals surface area (Å²) in [4.78, 5) is 0. The minimum Gasteiger partial charge on any atom is -0.392 e. The van der Waals surface area contributed by atoms with Crippen molar-refractivity contribution in [3.63, 3.8) is 0 Å². The Kier molecular flexibility index (Phi) is 4.69. The molecule has 0 heterocycles. The SMILES string of the molecule is CCC(NC[C@H](C)O)S(=O)(=O)O. The van der Waals surface area contributed by atoms with Crippen molar-refractivity contribution in [1.82, 2.24) is 5.32 Å². The number of hydrogen-bond donors (Lipinski definition) is 3. The first-order valence-electron chi connectivity index (χ1n) is 3.75. The van der Waals surface area contributed by atoms with Crippen LogP contribution in [-0.2, 0) is 10.1 Å². The number of hydrogen-bond acceptors (Lipinski definition) is 4. The predicted molar refractivity (Wildman–Crippen MR) is 45.3 cm³/mol. The van der Waals surface area contributed by atoms with E-state index in [9.17, 15) is 8.42 Å². The van der Waals surface area contributed by atoms with E-state index in [1.165, 1.54) is 6.92 Å². The van der Waals surface area contributed by atoms with Crippen LogP contribution in [0, 0.1) is 0 Å². The van der Waals surface area contributed by atoms with Crippen LogP contribution in [0.2, 0.25) is 0 Å². The van der Waals surface area contributed by atoms with Crippen LogP contribution in [-0.4, -0.2) is 36.1 Å². The number of aliphatic hydroxyl groups excluding tert-OH is 1. The van der Waals surface area contributed by atoms with Gasteiger partial charge in [0.05, 0.1) is 6.10 Å². The Morgan fingerprint density at radius 1 is 1.50 bits per heavy atom. The van der Waals surface area contributed by atoms with Gasteiger partial charge in [0.25, 0.3) is 10.1 Å². The van der Waals surface area contributed by atoms with Crippen molar-refractivity contribution in [2.75, 3.05) is 6.54 Å². The van der Waals surface area contributed by atoms with Crippen LogP contribution in [0.5, 0.6) is 0 Å². The molecule has 0 aromatic rings. The van der Waals surface area contributed by atoms with Crippen LogP contribution >= 0.6 is 0 Å². The molecule has 0 bridgehead atoms. The lowest BCUT2D eigenvalue weighted by molar-refractivity contribution is 0.189. The summed E-state index contributed by atoms with van der Waals surface area (Å²) >= 11 is 0. The molecule has 0 aliphatic heterocycles. The van der Waals surface area contributed by atoms with Gasteiger partial charge in [-0.3, -0.25) is 9.87 Å². The molecule has 3 N–H and O–H groups in total. The summed E-state index contributed by atoms with van der Waals surface area (Å²) in [6.45, 7) is 3.31. The molecule has 1 unspecified atom stereocenters. The molecule has 0 aliphatic carbocycles. The summed E-state index contributed by atoms with van der Waals surface area (Å²) in [5.41, 5.74) is 0. The lowest BCUT2D eigenvalue weighted by Crippen LogP contribution is -2.39. The zero-order valence-corrected chi connectivity index (χ0v) is 8.00. The number of nitrogens with one attached hydrogen (secondary N) is 1. The second-order valence-corrected chi connectivity index (χ2v) is 4.27. The number of aliphatic hydroxyl groups is 1. The minimum absolute atomic E-state index is 0.151. The highest BCUT2D eigenvalue weighted by Gasteiger charge is 2.19. The molecule has 12 heavy (non-hydrogen) atoms. The summed E-state index contributed by atoms with van der Waals surface area (Å²) in [6.07, 6.45) is -0.355. The largest absolute Gasteiger partial charge is 0.392 e. The van der Waals surface area contributed by atoms with E-state index in [0.29, 0.717) is 0 Å². The Morgan fingerprint density at radius 3 is 2.25 bits per heavy atom. The molecule has 0 fully saturated rings. The van der Waals surface area contributed by atoms with E-state index in [1.807, 2.05) is 0 Å². The predicted octanol–water partition coefficient (Wildman–Crippen LogP) is -0.419. The summed E-state index contributed by atoms with van der Waals surface area (Å²) in [5.74, 6) is 0. The van der Waals surface area contributed by atoms with Gasteiger partial charge in [0.15, 0.2) is 0 Å². The minimum atomic E-state index is -4.03. The van der Waals surface area contributed by atoms with Gasteiger partial charge in [0.2, 0.25) is 0 Å². The van der Waals surface area contributed by atoms with Crippen LogP contribution in [0.25, 0.3) is 0 Å². The fraction of sp³-hybridized carbons (Fsp3) is 1.00. The van der Waals surface area contributed by atoms with Gasteiger partial charge in [0, 0.05) is 6.54 Å². The molecule has 0 aromatic heterocycles. The van der Waals surface area contributed by atoms with E-state index in [-0.39, 0.29) is 13.0 Å². The molecule has 5 nitrogen and oxygen atoms in total. The van der Waals surface area contributed by atoms with Crippen molar-refractivity contribution in [2.24, 2.45) is 0 Å². The Hall–Kier alpha value is -0.170. The molecule has 74 valence electrons. The molecule has 0 spiro atoms. The zero-order valence-electron chi connectivity index (χ0n) is 7.19. The van der Waals surface area contributed by atoms with Crippen LogP contribution in [0.15, 0.2) is 0 Å². The first kappa shape index (κ1) is 11.8. The van der Waals surface area contributed by atoms with Crippen molar-refractivity contribution in [1.29, 1.82) is 0 Å². The Balaban J connectivity index is 4.03. The summed E-state index contributed by atoms with van der Waals surface area (Å²) in [7, 11) is -4.03. The van der Waals surface area contributed by atoms with Gasteiger partial charge in [-0.1, -0.05) is 6.92 Å². The first-order valence-corrected chi connectivity index (χ1v) is 5.26. The quantitative estimate of drug-likeness (QED) is 0.521. The van der Waals surface area contributed by atoms with E-state index in [2.05, 4.69) is 5.32 Å². The average Bonchev–Trinajstić information content (AvgIpc) is 1.85. The zero-order chi connectivity index (χ0) is 9.78. The first-order chi connectivity index (χ1) is 5.38. The van der Waals surface area contributed by atoms with E-state index in [1.54, 1.807) is 6.92 Å². The molecule has 0 aromatic carbocycles. The second kappa shape index (κ2) is 4.76. The summed E-state index contributed by atoms with van der Waals surface area (Å²) < 4.78 is 29.8. The molecular formula is C6H15NO4S. The Morgan fingerprint density at radius 2 is 2.00 bits per heavy atom. The van der Waals surface area contributed by atoms with Crippen molar-refractivity contribution >= 4 is 10.1 Å². The topological polar surface area (TPSA) is 86.6 Å². The standard InChI is InChI=1S/C6H15NO4S/c1-3-6(12(9,10)11)7-4-5(2)8/h5-8H,3-4H2,1-2H3,(H,9,10,11)/t5-,6?/m0/s1. The summed E-state index contributed by atoms with van der Waals surface area (Å²) in [6, 6.07) is 0. The van der Waals surface area contributed by atoms with Crippen molar-refractivity contribution in [2.45, 2.75) is 31.7 Å². The molecule has 0 saturated heterocycles. The van der Waals surface area contributed by atoms with E-state index >= 15 is 0 Å². The van der Waals surface area contributed by atoms with Gasteiger partial charge in [0.1, 0.15) is 5.37 Å². The Labute approximate surface area is 72.5 Å². The average molecular weight is 197 g/mol. The normalized spacial score (nSPS) is 17.3. The molecule has 6 heteroatoms. The smallest absolute Gasteiger partial charge is 0.281 e. The third kappa shape index (κ3) is 4.66. The molecule has 0 amide bonds. The molecule has 0 saturated carbocycles. The van der Waals surface area contributed by atoms with Gasteiger partial charge in [-0.05, 0) is 13.3 Å². The van der Waals surface area contributed by atoms with Crippen LogP contribution in [0.1, 0.15) is 20.3 Å². The fourth-order valence-electron chi connectivity index (χ4n) is 0.762. The summed E-state index contributed by atoms with van der Waals surface area (Å²) in [5, 5.41) is 10.4. The highest BCUT2D eigenvalue weighted by Crippen LogP contribution is 1.99. The molecule has 0 aliphatic rings.